The topological polar surface area (TPSA) is 50.3 Å². The van der Waals surface area contributed by atoms with Gasteiger partial charge in [0, 0.05) is 0 Å². The standard InChI is InChI=1S/C15H21N3OSi/c1-11-6-7-15(19-20(3,4)5)13(8-11)18-12(2)14-9-16-10-17-14/h6-10H,1-5H3,(H,16,17). The van der Waals surface area contributed by atoms with Gasteiger partial charge in [-0.2, -0.15) is 0 Å². The number of nitrogens with zero attached hydrogens (tertiary/aromatic N) is 2. The minimum Gasteiger partial charge on any atom is -0.543 e. The van der Waals surface area contributed by atoms with Crippen LogP contribution in [0, 0.1) is 6.92 Å². The lowest BCUT2D eigenvalue weighted by molar-refractivity contribution is 0.559. The number of hydrogen-bond acceptors (Lipinski definition) is 3. The first kappa shape index (κ1) is 14.5. The highest BCUT2D eigenvalue weighted by atomic mass is 28.4. The summed E-state index contributed by atoms with van der Waals surface area (Å²) in [4.78, 5) is 11.8. The summed E-state index contributed by atoms with van der Waals surface area (Å²) in [5.41, 5.74) is 3.86. The van der Waals surface area contributed by atoms with Crippen molar-refractivity contribution in [2.24, 2.45) is 4.99 Å². The molecule has 2 rings (SSSR count). The van der Waals surface area contributed by atoms with Gasteiger partial charge in [-0.15, -0.1) is 0 Å². The molecule has 0 aliphatic rings. The average molecular weight is 287 g/mol. The fraction of sp³-hybridized carbons (Fsp3) is 0.333. The molecule has 0 aliphatic carbocycles. The zero-order chi connectivity index (χ0) is 14.8. The third-order valence-corrected chi connectivity index (χ3v) is 3.54. The van der Waals surface area contributed by atoms with E-state index < -0.39 is 8.32 Å². The number of aromatic amines is 1. The van der Waals surface area contributed by atoms with E-state index in [9.17, 15) is 0 Å². The van der Waals surface area contributed by atoms with Crippen LogP contribution in [0.25, 0.3) is 0 Å². The van der Waals surface area contributed by atoms with Crippen LogP contribution in [0.1, 0.15) is 18.2 Å². The first-order valence-corrected chi connectivity index (χ1v) is 10.1. The maximum absolute atomic E-state index is 6.11. The van der Waals surface area contributed by atoms with Gasteiger partial charge in [0.05, 0.1) is 23.9 Å². The highest BCUT2D eigenvalue weighted by Gasteiger charge is 2.18. The van der Waals surface area contributed by atoms with E-state index >= 15 is 0 Å². The minimum atomic E-state index is -1.65. The van der Waals surface area contributed by atoms with Gasteiger partial charge in [-0.1, -0.05) is 6.07 Å². The maximum Gasteiger partial charge on any atom is 0.242 e. The fourth-order valence-corrected chi connectivity index (χ4v) is 2.66. The molecular formula is C15H21N3OSi. The Labute approximate surface area is 121 Å². The lowest BCUT2D eigenvalue weighted by atomic mass is 10.2. The molecule has 0 aliphatic heterocycles. The summed E-state index contributed by atoms with van der Waals surface area (Å²) in [5.74, 6) is 0.855. The lowest BCUT2D eigenvalue weighted by Crippen LogP contribution is -2.29. The van der Waals surface area contributed by atoms with Gasteiger partial charge in [0.1, 0.15) is 11.4 Å². The predicted molar refractivity (Wildman–Crippen MR) is 85.6 cm³/mol. The molecule has 106 valence electrons. The molecule has 0 radical (unpaired) electrons. The van der Waals surface area contributed by atoms with Crippen LogP contribution in [-0.4, -0.2) is 24.0 Å². The SMILES string of the molecule is CC(=Nc1cc(C)ccc1O[Si](C)(C)C)c1cnc[nH]1. The van der Waals surface area contributed by atoms with Crippen LogP contribution in [0.15, 0.2) is 35.7 Å². The van der Waals surface area contributed by atoms with Gasteiger partial charge in [0.2, 0.25) is 8.32 Å². The minimum absolute atomic E-state index is 0.855. The number of nitrogens with one attached hydrogen (secondary N) is 1. The van der Waals surface area contributed by atoms with E-state index in [1.165, 1.54) is 5.56 Å². The molecule has 1 heterocycles. The van der Waals surface area contributed by atoms with E-state index in [4.69, 9.17) is 4.43 Å². The van der Waals surface area contributed by atoms with Gasteiger partial charge in [0.25, 0.3) is 0 Å². The summed E-state index contributed by atoms with van der Waals surface area (Å²) >= 11 is 0. The number of aliphatic imine (C=N–C) groups is 1. The monoisotopic (exact) mass is 287 g/mol. The van der Waals surface area contributed by atoms with Crippen LogP contribution in [0.3, 0.4) is 0 Å². The molecule has 1 aromatic carbocycles. The second-order valence-corrected chi connectivity index (χ2v) is 10.3. The summed E-state index contributed by atoms with van der Waals surface area (Å²) in [5, 5.41) is 0. The molecule has 0 unspecified atom stereocenters. The number of imidazole rings is 1. The second-order valence-electron chi connectivity index (χ2n) is 5.85. The van der Waals surface area contributed by atoms with Crippen molar-refractivity contribution < 1.29 is 4.43 Å². The van der Waals surface area contributed by atoms with Crippen molar-refractivity contribution in [1.82, 2.24) is 9.97 Å². The van der Waals surface area contributed by atoms with Crippen LogP contribution in [0.2, 0.25) is 19.6 Å². The summed E-state index contributed by atoms with van der Waals surface area (Å²) in [6.07, 6.45) is 3.43. The lowest BCUT2D eigenvalue weighted by Gasteiger charge is -2.20. The Morgan fingerprint density at radius 3 is 2.65 bits per heavy atom. The molecule has 0 fully saturated rings. The molecule has 0 amide bonds. The Balaban J connectivity index is 2.39. The van der Waals surface area contributed by atoms with E-state index in [0.29, 0.717) is 0 Å². The number of H-pyrrole nitrogens is 1. The predicted octanol–water partition coefficient (Wildman–Crippen LogP) is 4.07. The number of rotatable bonds is 4. The smallest absolute Gasteiger partial charge is 0.242 e. The number of hydrogen-bond donors (Lipinski definition) is 1. The van der Waals surface area contributed by atoms with E-state index in [2.05, 4.69) is 53.7 Å². The van der Waals surface area contributed by atoms with Crippen molar-refractivity contribution in [3.63, 3.8) is 0 Å². The summed E-state index contributed by atoms with van der Waals surface area (Å²) in [6, 6.07) is 6.11. The summed E-state index contributed by atoms with van der Waals surface area (Å²) < 4.78 is 6.11. The van der Waals surface area contributed by atoms with Crippen molar-refractivity contribution in [3.8, 4) is 5.75 Å². The average Bonchev–Trinajstić information content (AvgIpc) is 2.85. The first-order valence-electron chi connectivity index (χ1n) is 6.69. The molecule has 0 spiro atoms. The Bertz CT molecular complexity index is 613. The van der Waals surface area contributed by atoms with E-state index in [1.54, 1.807) is 12.5 Å². The Kier molecular flexibility index (Phi) is 4.08. The molecular weight excluding hydrogens is 266 g/mol. The fourth-order valence-electron chi connectivity index (χ4n) is 1.83. The van der Waals surface area contributed by atoms with Crippen molar-refractivity contribution in [2.45, 2.75) is 33.5 Å². The highest BCUT2D eigenvalue weighted by molar-refractivity contribution is 6.70. The highest BCUT2D eigenvalue weighted by Crippen LogP contribution is 2.31. The number of benzene rings is 1. The normalized spacial score (nSPS) is 12.6. The van der Waals surface area contributed by atoms with Gasteiger partial charge in [0.15, 0.2) is 0 Å². The van der Waals surface area contributed by atoms with Gasteiger partial charge in [-0.05, 0) is 51.2 Å². The molecule has 0 bridgehead atoms. The number of aryl methyl sites for hydroxylation is 1. The molecule has 4 nitrogen and oxygen atoms in total. The van der Waals surface area contributed by atoms with Gasteiger partial charge in [-0.25, -0.2) is 9.98 Å². The molecule has 5 heteroatoms. The van der Waals surface area contributed by atoms with E-state index in [0.717, 1.165) is 22.8 Å². The summed E-state index contributed by atoms with van der Waals surface area (Å²) in [6.45, 7) is 10.5. The molecule has 0 saturated carbocycles. The van der Waals surface area contributed by atoms with Crippen LogP contribution in [-0.2, 0) is 0 Å². The summed E-state index contributed by atoms with van der Waals surface area (Å²) in [7, 11) is -1.65. The molecule has 2 aromatic rings. The van der Waals surface area contributed by atoms with Crippen molar-refractivity contribution >= 4 is 19.7 Å². The molecule has 0 atom stereocenters. The zero-order valence-electron chi connectivity index (χ0n) is 12.7. The van der Waals surface area contributed by atoms with Gasteiger partial charge >= 0.3 is 0 Å². The molecule has 20 heavy (non-hydrogen) atoms. The molecule has 0 saturated heterocycles. The third kappa shape index (κ3) is 3.80. The third-order valence-electron chi connectivity index (χ3n) is 2.71. The van der Waals surface area contributed by atoms with Crippen LogP contribution in [0.4, 0.5) is 5.69 Å². The Hall–Kier alpha value is -1.88. The van der Waals surface area contributed by atoms with E-state index in [-0.39, 0.29) is 0 Å². The molecule has 1 aromatic heterocycles. The first-order chi connectivity index (χ1) is 9.35. The Morgan fingerprint density at radius 2 is 2.05 bits per heavy atom. The zero-order valence-corrected chi connectivity index (χ0v) is 13.7. The van der Waals surface area contributed by atoms with Gasteiger partial charge < -0.3 is 9.41 Å². The quantitative estimate of drug-likeness (QED) is 0.680. The van der Waals surface area contributed by atoms with Crippen LogP contribution in [0.5, 0.6) is 5.75 Å². The van der Waals surface area contributed by atoms with Crippen molar-refractivity contribution in [1.29, 1.82) is 0 Å². The van der Waals surface area contributed by atoms with E-state index in [1.807, 2.05) is 13.0 Å². The largest absolute Gasteiger partial charge is 0.543 e. The van der Waals surface area contributed by atoms with Gasteiger partial charge in [-0.3, -0.25) is 0 Å². The maximum atomic E-state index is 6.11. The van der Waals surface area contributed by atoms with Crippen molar-refractivity contribution in [3.05, 3.63) is 42.0 Å². The van der Waals surface area contributed by atoms with Crippen LogP contribution < -0.4 is 4.43 Å². The second kappa shape index (κ2) is 5.62. The number of aromatic nitrogens is 2. The Morgan fingerprint density at radius 1 is 1.30 bits per heavy atom. The van der Waals surface area contributed by atoms with Crippen LogP contribution >= 0.6 is 0 Å². The van der Waals surface area contributed by atoms with Crippen molar-refractivity contribution in [2.75, 3.05) is 0 Å². The molecule has 1 N–H and O–H groups in total.